The molecule has 0 fully saturated rings. The van der Waals surface area contributed by atoms with Crippen LogP contribution in [0.4, 0.5) is 0 Å². The van der Waals surface area contributed by atoms with Crippen molar-refractivity contribution in [2.45, 2.75) is 32.9 Å². The topological polar surface area (TPSA) is 73.2 Å². The Hall–Kier alpha value is -3.41. The highest BCUT2D eigenvalue weighted by molar-refractivity contribution is 5.94. The van der Waals surface area contributed by atoms with Crippen molar-refractivity contribution in [3.05, 3.63) is 82.7 Å². The third kappa shape index (κ3) is 3.29. The third-order valence-corrected chi connectivity index (χ3v) is 5.05. The minimum atomic E-state index is -0.530. The number of rotatable bonds is 5. The van der Waals surface area contributed by atoms with E-state index < -0.39 is 6.10 Å². The normalized spacial score (nSPS) is 15.2. The van der Waals surface area contributed by atoms with Gasteiger partial charge in [-0.3, -0.25) is 4.79 Å². The van der Waals surface area contributed by atoms with E-state index in [4.69, 9.17) is 4.74 Å². The number of esters is 1. The molecule has 1 atom stereocenters. The molecule has 3 aromatic rings. The minimum Gasteiger partial charge on any atom is -0.453 e. The van der Waals surface area contributed by atoms with Crippen LogP contribution in [0.15, 0.2) is 54.6 Å². The standard InChI is InChI=1S/C22H21N3O3/c1-14-19(15(2)25(24-14)16-8-4-3-5-9-16)13-23-21(26)12-20-17-10-6-7-11-18(17)22(27)28-20/h3-11,20H,12-13H2,1-2H3,(H,23,26). The van der Waals surface area contributed by atoms with Crippen molar-refractivity contribution in [1.29, 1.82) is 0 Å². The molecular weight excluding hydrogens is 354 g/mol. The van der Waals surface area contributed by atoms with E-state index in [1.807, 2.05) is 61.0 Å². The predicted octanol–water partition coefficient (Wildman–Crippen LogP) is 3.41. The number of amides is 1. The van der Waals surface area contributed by atoms with Gasteiger partial charge in [0.05, 0.1) is 23.4 Å². The van der Waals surface area contributed by atoms with Crippen LogP contribution in [-0.2, 0) is 16.1 Å². The van der Waals surface area contributed by atoms with Crippen LogP contribution in [-0.4, -0.2) is 21.7 Å². The van der Waals surface area contributed by atoms with E-state index >= 15 is 0 Å². The molecule has 1 aliphatic heterocycles. The Morgan fingerprint density at radius 3 is 2.61 bits per heavy atom. The second-order valence-corrected chi connectivity index (χ2v) is 6.86. The Balaban J connectivity index is 1.44. The summed E-state index contributed by atoms with van der Waals surface area (Å²) in [7, 11) is 0. The first-order valence-corrected chi connectivity index (χ1v) is 9.21. The molecule has 6 nitrogen and oxygen atoms in total. The van der Waals surface area contributed by atoms with Gasteiger partial charge >= 0.3 is 5.97 Å². The maximum Gasteiger partial charge on any atom is 0.339 e. The maximum absolute atomic E-state index is 12.5. The Bertz CT molecular complexity index is 1040. The molecule has 142 valence electrons. The molecule has 0 aliphatic carbocycles. The van der Waals surface area contributed by atoms with Crippen molar-refractivity contribution < 1.29 is 14.3 Å². The van der Waals surface area contributed by atoms with Crippen molar-refractivity contribution in [3.8, 4) is 5.69 Å². The molecule has 1 N–H and O–H groups in total. The number of nitrogens with zero attached hydrogens (tertiary/aromatic N) is 2. The molecule has 0 spiro atoms. The first-order valence-electron chi connectivity index (χ1n) is 9.21. The van der Waals surface area contributed by atoms with Gasteiger partial charge in [0.1, 0.15) is 6.10 Å². The van der Waals surface area contributed by atoms with Gasteiger partial charge in [-0.1, -0.05) is 36.4 Å². The molecule has 0 saturated carbocycles. The second kappa shape index (κ2) is 7.31. The summed E-state index contributed by atoms with van der Waals surface area (Å²) in [5.41, 5.74) is 5.14. The number of hydrogen-bond acceptors (Lipinski definition) is 4. The van der Waals surface area contributed by atoms with Gasteiger partial charge in [-0.05, 0) is 32.0 Å². The highest BCUT2D eigenvalue weighted by Gasteiger charge is 2.32. The quantitative estimate of drug-likeness (QED) is 0.694. The molecule has 6 heteroatoms. The van der Waals surface area contributed by atoms with Crippen LogP contribution < -0.4 is 5.32 Å². The van der Waals surface area contributed by atoms with E-state index in [2.05, 4.69) is 10.4 Å². The van der Waals surface area contributed by atoms with Crippen LogP contribution >= 0.6 is 0 Å². The summed E-state index contributed by atoms with van der Waals surface area (Å²) in [4.78, 5) is 24.4. The number of para-hydroxylation sites is 1. The number of fused-ring (bicyclic) bond motifs is 1. The lowest BCUT2D eigenvalue weighted by molar-refractivity contribution is -0.123. The zero-order valence-electron chi connectivity index (χ0n) is 15.8. The number of aromatic nitrogens is 2. The zero-order valence-corrected chi connectivity index (χ0v) is 15.8. The first-order chi connectivity index (χ1) is 13.5. The molecule has 28 heavy (non-hydrogen) atoms. The molecular formula is C22H21N3O3. The fraction of sp³-hybridized carbons (Fsp3) is 0.227. The molecule has 4 rings (SSSR count). The van der Waals surface area contributed by atoms with Gasteiger partial charge in [-0.25, -0.2) is 9.48 Å². The van der Waals surface area contributed by atoms with E-state index in [-0.39, 0.29) is 18.3 Å². The largest absolute Gasteiger partial charge is 0.453 e. The summed E-state index contributed by atoms with van der Waals surface area (Å²) in [6, 6.07) is 17.1. The average molecular weight is 375 g/mol. The van der Waals surface area contributed by atoms with Crippen LogP contribution in [0.5, 0.6) is 0 Å². The van der Waals surface area contributed by atoms with Crippen molar-refractivity contribution in [2.24, 2.45) is 0 Å². The summed E-state index contributed by atoms with van der Waals surface area (Å²) < 4.78 is 7.23. The number of hydrogen-bond donors (Lipinski definition) is 1. The minimum absolute atomic E-state index is 0.105. The van der Waals surface area contributed by atoms with Crippen molar-refractivity contribution >= 4 is 11.9 Å². The highest BCUT2D eigenvalue weighted by Crippen LogP contribution is 2.32. The first kappa shape index (κ1) is 18.0. The average Bonchev–Trinajstić information content (AvgIpc) is 3.17. The lowest BCUT2D eigenvalue weighted by Gasteiger charge is -2.11. The summed E-state index contributed by atoms with van der Waals surface area (Å²) in [6.07, 6.45) is -0.425. The molecule has 1 unspecified atom stereocenters. The van der Waals surface area contributed by atoms with Gasteiger partial charge in [0.15, 0.2) is 0 Å². The number of carbonyl (C=O) groups is 2. The predicted molar refractivity (Wildman–Crippen MR) is 104 cm³/mol. The van der Waals surface area contributed by atoms with Crippen molar-refractivity contribution in [3.63, 3.8) is 0 Å². The van der Waals surface area contributed by atoms with E-state index in [0.29, 0.717) is 12.1 Å². The van der Waals surface area contributed by atoms with Gasteiger partial charge in [0.25, 0.3) is 0 Å². The summed E-state index contributed by atoms with van der Waals surface area (Å²) in [5, 5.41) is 7.53. The van der Waals surface area contributed by atoms with Crippen LogP contribution in [0.3, 0.4) is 0 Å². The molecule has 2 aromatic carbocycles. The molecule has 1 aliphatic rings. The van der Waals surface area contributed by atoms with Crippen LogP contribution in [0.1, 0.15) is 45.4 Å². The van der Waals surface area contributed by atoms with Crippen molar-refractivity contribution in [2.75, 3.05) is 0 Å². The van der Waals surface area contributed by atoms with E-state index in [1.54, 1.807) is 12.1 Å². The molecule has 1 aromatic heterocycles. The number of benzene rings is 2. The Morgan fingerprint density at radius 1 is 1.11 bits per heavy atom. The third-order valence-electron chi connectivity index (χ3n) is 5.05. The molecule has 0 saturated heterocycles. The monoisotopic (exact) mass is 375 g/mol. The summed E-state index contributed by atoms with van der Waals surface area (Å²) in [5.74, 6) is -0.537. The van der Waals surface area contributed by atoms with Crippen molar-refractivity contribution in [1.82, 2.24) is 15.1 Å². The molecule has 1 amide bonds. The van der Waals surface area contributed by atoms with Gasteiger partial charge in [-0.15, -0.1) is 0 Å². The van der Waals surface area contributed by atoms with Gasteiger partial charge < -0.3 is 10.1 Å². The number of nitrogens with one attached hydrogen (secondary N) is 1. The van der Waals surface area contributed by atoms with Gasteiger partial charge in [-0.2, -0.15) is 5.10 Å². The Labute approximate surface area is 163 Å². The van der Waals surface area contributed by atoms with Gasteiger partial charge in [0, 0.05) is 23.4 Å². The fourth-order valence-electron chi connectivity index (χ4n) is 3.55. The smallest absolute Gasteiger partial charge is 0.339 e. The molecule has 2 heterocycles. The zero-order chi connectivity index (χ0) is 19.7. The maximum atomic E-state index is 12.5. The number of cyclic esters (lactones) is 1. The van der Waals surface area contributed by atoms with Gasteiger partial charge in [0.2, 0.25) is 5.91 Å². The van der Waals surface area contributed by atoms with Crippen LogP contribution in [0.2, 0.25) is 0 Å². The van der Waals surface area contributed by atoms with E-state index in [1.165, 1.54) is 0 Å². The van der Waals surface area contributed by atoms with E-state index in [0.717, 1.165) is 28.2 Å². The summed E-state index contributed by atoms with van der Waals surface area (Å²) in [6.45, 7) is 4.30. The molecule has 0 radical (unpaired) electrons. The number of aryl methyl sites for hydroxylation is 1. The van der Waals surface area contributed by atoms with E-state index in [9.17, 15) is 9.59 Å². The number of carbonyl (C=O) groups excluding carboxylic acids is 2. The highest BCUT2D eigenvalue weighted by atomic mass is 16.5. The SMILES string of the molecule is Cc1nn(-c2ccccc2)c(C)c1CNC(=O)CC1OC(=O)c2ccccc21. The lowest BCUT2D eigenvalue weighted by Crippen LogP contribution is -2.25. The lowest BCUT2D eigenvalue weighted by atomic mass is 10.0. The molecule has 0 bridgehead atoms. The fourth-order valence-corrected chi connectivity index (χ4v) is 3.55. The summed E-state index contributed by atoms with van der Waals surface area (Å²) >= 11 is 0. The van der Waals surface area contributed by atoms with Crippen LogP contribution in [0.25, 0.3) is 5.69 Å². The Morgan fingerprint density at radius 2 is 1.82 bits per heavy atom. The second-order valence-electron chi connectivity index (χ2n) is 6.86. The van der Waals surface area contributed by atoms with Crippen LogP contribution in [0, 0.1) is 13.8 Å². The number of ether oxygens (including phenoxy) is 1. The Kier molecular flexibility index (Phi) is 4.69.